The number of rotatable bonds is 3. The normalized spacial score (nSPS) is 10.3. The fourth-order valence-electron chi connectivity index (χ4n) is 1.69. The Bertz CT molecular complexity index is 688. The van der Waals surface area contributed by atoms with Gasteiger partial charge in [0.05, 0.1) is 10.2 Å². The maximum atomic E-state index is 13.3. The third-order valence-corrected chi connectivity index (χ3v) is 3.29. The van der Waals surface area contributed by atoms with Crippen LogP contribution < -0.4 is 10.5 Å². The van der Waals surface area contributed by atoms with Crippen LogP contribution in [0.4, 0.5) is 10.1 Å². The molecule has 20 heavy (non-hydrogen) atoms. The molecule has 0 aromatic heterocycles. The fourth-order valence-corrected chi connectivity index (χ4v) is 2.26. The van der Waals surface area contributed by atoms with Gasteiger partial charge in [-0.2, -0.15) is 0 Å². The minimum Gasteiger partial charge on any atom is -0.477 e. The molecule has 0 aliphatic heterocycles. The maximum Gasteiger partial charge on any atom is 0.341 e. The van der Waals surface area contributed by atoms with Gasteiger partial charge in [0.25, 0.3) is 0 Å². The van der Waals surface area contributed by atoms with E-state index in [1.807, 2.05) is 19.1 Å². The number of aromatic carboxylic acids is 1. The molecule has 6 heteroatoms. The summed E-state index contributed by atoms with van der Waals surface area (Å²) in [6, 6.07) is 7.63. The lowest BCUT2D eigenvalue weighted by Gasteiger charge is -2.12. The molecular weight excluding hydrogens is 329 g/mol. The Morgan fingerprint density at radius 2 is 1.95 bits per heavy atom. The van der Waals surface area contributed by atoms with Crippen LogP contribution in [0.25, 0.3) is 0 Å². The number of aryl methyl sites for hydroxylation is 1. The number of carboxylic acid groups (broad SMARTS) is 1. The van der Waals surface area contributed by atoms with Gasteiger partial charge in [0.15, 0.2) is 0 Å². The van der Waals surface area contributed by atoms with Crippen LogP contribution >= 0.6 is 15.9 Å². The molecule has 0 aliphatic rings. The van der Waals surface area contributed by atoms with Gasteiger partial charge in [-0.15, -0.1) is 0 Å². The number of anilines is 1. The molecule has 0 saturated carbocycles. The Hall–Kier alpha value is -2.08. The van der Waals surface area contributed by atoms with Crippen molar-refractivity contribution in [3.8, 4) is 11.5 Å². The van der Waals surface area contributed by atoms with Crippen LogP contribution in [0.1, 0.15) is 15.9 Å². The molecule has 0 spiro atoms. The Balaban J connectivity index is 2.48. The SMILES string of the molecule is Cc1ccc(Oc2ccc(F)c(N)c2C(=O)O)c(Br)c1. The summed E-state index contributed by atoms with van der Waals surface area (Å²) in [4.78, 5) is 11.2. The highest BCUT2D eigenvalue weighted by Gasteiger charge is 2.19. The quantitative estimate of drug-likeness (QED) is 0.830. The molecule has 104 valence electrons. The second-order valence-electron chi connectivity index (χ2n) is 4.18. The standard InChI is InChI=1S/C14H11BrFNO3/c1-7-2-4-10(8(15)6-7)20-11-5-3-9(16)13(17)12(11)14(18)19/h2-6H,17H2,1H3,(H,18,19). The summed E-state index contributed by atoms with van der Waals surface area (Å²) < 4.78 is 19.5. The summed E-state index contributed by atoms with van der Waals surface area (Å²) >= 11 is 3.32. The maximum absolute atomic E-state index is 13.3. The van der Waals surface area contributed by atoms with E-state index in [1.165, 1.54) is 6.07 Å². The van der Waals surface area contributed by atoms with Crippen molar-refractivity contribution in [3.63, 3.8) is 0 Å². The number of hydrogen-bond acceptors (Lipinski definition) is 3. The van der Waals surface area contributed by atoms with Gasteiger partial charge in [0.1, 0.15) is 22.9 Å². The minimum atomic E-state index is -1.35. The third-order valence-electron chi connectivity index (χ3n) is 2.68. The van der Waals surface area contributed by atoms with Crippen molar-refractivity contribution in [2.45, 2.75) is 6.92 Å². The zero-order chi connectivity index (χ0) is 14.9. The number of benzene rings is 2. The molecular formula is C14H11BrFNO3. The zero-order valence-electron chi connectivity index (χ0n) is 10.5. The van der Waals surface area contributed by atoms with E-state index < -0.39 is 23.0 Å². The summed E-state index contributed by atoms with van der Waals surface area (Å²) in [6.07, 6.45) is 0. The first kappa shape index (κ1) is 14.3. The number of carboxylic acids is 1. The van der Waals surface area contributed by atoms with Gasteiger partial charge in [0.2, 0.25) is 0 Å². The molecule has 0 saturated heterocycles. The first-order chi connectivity index (χ1) is 9.40. The minimum absolute atomic E-state index is 0.0130. The van der Waals surface area contributed by atoms with Crippen molar-refractivity contribution in [1.82, 2.24) is 0 Å². The van der Waals surface area contributed by atoms with Crippen LogP contribution in [0, 0.1) is 12.7 Å². The molecule has 0 bridgehead atoms. The first-order valence-corrected chi connectivity index (χ1v) is 6.44. The van der Waals surface area contributed by atoms with Crippen molar-refractivity contribution in [1.29, 1.82) is 0 Å². The summed E-state index contributed by atoms with van der Waals surface area (Å²) in [5, 5.41) is 9.12. The fraction of sp³-hybridized carbons (Fsp3) is 0.0714. The molecule has 0 amide bonds. The lowest BCUT2D eigenvalue weighted by Crippen LogP contribution is -2.07. The predicted octanol–water partition coefficient (Wildman–Crippen LogP) is 3.97. The summed E-state index contributed by atoms with van der Waals surface area (Å²) in [5.41, 5.74) is 5.63. The molecule has 0 unspecified atom stereocenters. The second-order valence-corrected chi connectivity index (χ2v) is 5.03. The van der Waals surface area contributed by atoms with Crippen molar-refractivity contribution >= 4 is 27.6 Å². The monoisotopic (exact) mass is 339 g/mol. The Morgan fingerprint density at radius 3 is 2.55 bits per heavy atom. The molecule has 2 aromatic carbocycles. The molecule has 0 heterocycles. The Morgan fingerprint density at radius 1 is 1.30 bits per heavy atom. The van der Waals surface area contributed by atoms with Crippen molar-refractivity contribution in [2.24, 2.45) is 0 Å². The summed E-state index contributed by atoms with van der Waals surface area (Å²) in [6.45, 7) is 1.91. The molecule has 0 radical (unpaired) electrons. The van der Waals surface area contributed by atoms with Gasteiger partial charge in [-0.05, 0) is 52.7 Å². The van der Waals surface area contributed by atoms with Gasteiger partial charge >= 0.3 is 5.97 Å². The lowest BCUT2D eigenvalue weighted by atomic mass is 10.1. The number of nitrogens with two attached hydrogens (primary N) is 1. The van der Waals surface area contributed by atoms with E-state index >= 15 is 0 Å². The molecule has 4 nitrogen and oxygen atoms in total. The number of nitrogen functional groups attached to an aromatic ring is 1. The first-order valence-electron chi connectivity index (χ1n) is 5.65. The molecule has 3 N–H and O–H groups in total. The van der Waals surface area contributed by atoms with E-state index in [-0.39, 0.29) is 5.75 Å². The summed E-state index contributed by atoms with van der Waals surface area (Å²) in [5.74, 6) is -1.73. The highest BCUT2D eigenvalue weighted by molar-refractivity contribution is 9.10. The third kappa shape index (κ3) is 2.75. The van der Waals surface area contributed by atoms with Crippen LogP contribution in [0.15, 0.2) is 34.8 Å². The number of ether oxygens (including phenoxy) is 1. The van der Waals surface area contributed by atoms with Gasteiger partial charge in [-0.3, -0.25) is 0 Å². The average molecular weight is 340 g/mol. The highest BCUT2D eigenvalue weighted by Crippen LogP contribution is 2.34. The van der Waals surface area contributed by atoms with Crippen molar-refractivity contribution < 1.29 is 19.0 Å². The van der Waals surface area contributed by atoms with Crippen molar-refractivity contribution in [2.75, 3.05) is 5.73 Å². The van der Waals surface area contributed by atoms with E-state index in [0.717, 1.165) is 11.6 Å². The van der Waals surface area contributed by atoms with Crippen LogP contribution in [0.3, 0.4) is 0 Å². The van der Waals surface area contributed by atoms with Crippen molar-refractivity contribution in [3.05, 3.63) is 51.7 Å². The Labute approximate surface area is 123 Å². The van der Waals surface area contributed by atoms with Gasteiger partial charge in [-0.1, -0.05) is 6.07 Å². The number of hydrogen-bond donors (Lipinski definition) is 2. The molecule has 0 aliphatic carbocycles. The van der Waals surface area contributed by atoms with E-state index in [1.54, 1.807) is 6.07 Å². The topological polar surface area (TPSA) is 72.5 Å². The second kappa shape index (κ2) is 5.50. The molecule has 2 aromatic rings. The predicted molar refractivity (Wildman–Crippen MR) is 76.7 cm³/mol. The highest BCUT2D eigenvalue weighted by atomic mass is 79.9. The van der Waals surface area contributed by atoms with E-state index in [2.05, 4.69) is 15.9 Å². The smallest absolute Gasteiger partial charge is 0.341 e. The zero-order valence-corrected chi connectivity index (χ0v) is 12.1. The van der Waals surface area contributed by atoms with Crippen LogP contribution in [-0.4, -0.2) is 11.1 Å². The Kier molecular flexibility index (Phi) is 3.94. The summed E-state index contributed by atoms with van der Waals surface area (Å²) in [7, 11) is 0. The number of carbonyl (C=O) groups is 1. The van der Waals surface area contributed by atoms with Crippen LogP contribution in [0.5, 0.6) is 11.5 Å². The van der Waals surface area contributed by atoms with E-state index in [4.69, 9.17) is 15.6 Å². The van der Waals surface area contributed by atoms with Gasteiger partial charge in [-0.25, -0.2) is 9.18 Å². The molecule has 0 fully saturated rings. The van der Waals surface area contributed by atoms with Gasteiger partial charge < -0.3 is 15.6 Å². The van der Waals surface area contributed by atoms with Crippen LogP contribution in [0.2, 0.25) is 0 Å². The molecule has 2 rings (SSSR count). The van der Waals surface area contributed by atoms with E-state index in [0.29, 0.717) is 10.2 Å². The lowest BCUT2D eigenvalue weighted by molar-refractivity contribution is 0.0695. The van der Waals surface area contributed by atoms with Crippen LogP contribution in [-0.2, 0) is 0 Å². The van der Waals surface area contributed by atoms with E-state index in [9.17, 15) is 9.18 Å². The van der Waals surface area contributed by atoms with Gasteiger partial charge in [0, 0.05) is 0 Å². The average Bonchev–Trinajstić information content (AvgIpc) is 2.36. The largest absolute Gasteiger partial charge is 0.477 e. The number of halogens is 2. The molecule has 0 atom stereocenters.